The van der Waals surface area contributed by atoms with Crippen LogP contribution in [0.1, 0.15) is 27.4 Å². The fourth-order valence-corrected chi connectivity index (χ4v) is 3.16. The number of hydrogen-bond acceptors (Lipinski definition) is 4. The van der Waals surface area contributed by atoms with Crippen LogP contribution in [0.25, 0.3) is 0 Å². The maximum absolute atomic E-state index is 12.6. The van der Waals surface area contributed by atoms with Crippen molar-refractivity contribution in [3.8, 4) is 5.75 Å². The molecular formula is C23H23N5O2. The Bertz CT molecular complexity index is 1150. The molecule has 0 fully saturated rings. The monoisotopic (exact) mass is 401 g/mol. The molecule has 0 saturated carbocycles. The SMILES string of the molecule is Cc1cc(C)n(Cc2cccc(NC(=O)c3ccn(COc4ccccc4)n3)c2)n1. The number of para-hydroxylation sites is 1. The topological polar surface area (TPSA) is 74.0 Å². The van der Waals surface area contributed by atoms with Gasteiger partial charge in [0, 0.05) is 17.6 Å². The van der Waals surface area contributed by atoms with Crippen LogP contribution in [-0.2, 0) is 13.3 Å². The summed E-state index contributed by atoms with van der Waals surface area (Å²) in [5.74, 6) is 0.482. The molecule has 0 atom stereocenters. The fraction of sp³-hybridized carbons (Fsp3) is 0.174. The third-order valence-electron chi connectivity index (χ3n) is 4.60. The molecule has 2 aromatic carbocycles. The first kappa shape index (κ1) is 19.4. The third kappa shape index (κ3) is 4.75. The van der Waals surface area contributed by atoms with E-state index in [-0.39, 0.29) is 12.6 Å². The van der Waals surface area contributed by atoms with E-state index in [4.69, 9.17) is 4.74 Å². The van der Waals surface area contributed by atoms with Gasteiger partial charge in [-0.2, -0.15) is 10.2 Å². The van der Waals surface area contributed by atoms with E-state index in [2.05, 4.69) is 15.5 Å². The van der Waals surface area contributed by atoms with Crippen molar-refractivity contribution in [1.29, 1.82) is 0 Å². The first-order chi connectivity index (χ1) is 14.6. The molecule has 1 amide bonds. The molecule has 7 heteroatoms. The minimum absolute atomic E-state index is 0.232. The average molecular weight is 401 g/mol. The number of carbonyl (C=O) groups excluding carboxylic acids is 1. The van der Waals surface area contributed by atoms with Crippen LogP contribution in [0.3, 0.4) is 0 Å². The number of aromatic nitrogens is 4. The standard InChI is InChI=1S/C23H23N5O2/c1-17-13-18(2)28(25-17)15-19-7-6-8-20(14-19)24-23(29)22-11-12-27(26-22)16-30-21-9-4-3-5-10-21/h3-14H,15-16H2,1-2H3,(H,24,29). The Morgan fingerprint density at radius 2 is 1.83 bits per heavy atom. The molecule has 30 heavy (non-hydrogen) atoms. The molecule has 4 aromatic rings. The lowest BCUT2D eigenvalue weighted by molar-refractivity contribution is 0.102. The summed E-state index contributed by atoms with van der Waals surface area (Å²) in [4.78, 5) is 12.6. The summed E-state index contributed by atoms with van der Waals surface area (Å²) < 4.78 is 9.18. The van der Waals surface area contributed by atoms with Crippen LogP contribution in [-0.4, -0.2) is 25.5 Å². The zero-order valence-electron chi connectivity index (χ0n) is 16.9. The fourth-order valence-electron chi connectivity index (χ4n) is 3.16. The molecule has 0 unspecified atom stereocenters. The second-order valence-corrected chi connectivity index (χ2v) is 7.07. The molecule has 152 valence electrons. The van der Waals surface area contributed by atoms with Crippen LogP contribution in [0.4, 0.5) is 5.69 Å². The lowest BCUT2D eigenvalue weighted by Crippen LogP contribution is -2.14. The Morgan fingerprint density at radius 3 is 2.60 bits per heavy atom. The van der Waals surface area contributed by atoms with E-state index >= 15 is 0 Å². The molecule has 7 nitrogen and oxygen atoms in total. The summed E-state index contributed by atoms with van der Waals surface area (Å²) in [5.41, 5.74) is 4.19. The molecule has 0 bridgehead atoms. The number of nitrogens with one attached hydrogen (secondary N) is 1. The van der Waals surface area contributed by atoms with Crippen LogP contribution >= 0.6 is 0 Å². The summed E-state index contributed by atoms with van der Waals surface area (Å²) in [6.07, 6.45) is 1.72. The Balaban J connectivity index is 1.38. The van der Waals surface area contributed by atoms with Crippen LogP contribution in [0.15, 0.2) is 72.9 Å². The van der Waals surface area contributed by atoms with Gasteiger partial charge in [-0.15, -0.1) is 0 Å². The van der Waals surface area contributed by atoms with Crippen molar-refractivity contribution in [2.45, 2.75) is 27.1 Å². The number of hydrogen-bond donors (Lipinski definition) is 1. The van der Waals surface area contributed by atoms with E-state index in [1.165, 1.54) is 0 Å². The van der Waals surface area contributed by atoms with Crippen LogP contribution in [0.2, 0.25) is 0 Å². The third-order valence-corrected chi connectivity index (χ3v) is 4.60. The van der Waals surface area contributed by atoms with Gasteiger partial charge in [0.25, 0.3) is 5.91 Å². The highest BCUT2D eigenvalue weighted by Gasteiger charge is 2.11. The van der Waals surface area contributed by atoms with Gasteiger partial charge in [-0.1, -0.05) is 30.3 Å². The molecule has 0 spiro atoms. The predicted molar refractivity (Wildman–Crippen MR) is 114 cm³/mol. The largest absolute Gasteiger partial charge is 0.471 e. The molecular weight excluding hydrogens is 378 g/mol. The number of anilines is 1. The van der Waals surface area contributed by atoms with E-state index in [1.807, 2.05) is 79.2 Å². The van der Waals surface area contributed by atoms with Crippen molar-refractivity contribution < 1.29 is 9.53 Å². The number of nitrogens with zero attached hydrogens (tertiary/aromatic N) is 4. The average Bonchev–Trinajstić information content (AvgIpc) is 3.34. The van der Waals surface area contributed by atoms with Crippen molar-refractivity contribution in [1.82, 2.24) is 19.6 Å². The summed E-state index contributed by atoms with van der Waals surface area (Å²) in [6, 6.07) is 20.9. The molecule has 0 aliphatic heterocycles. The maximum atomic E-state index is 12.6. The Labute approximate surface area is 174 Å². The van der Waals surface area contributed by atoms with Gasteiger partial charge < -0.3 is 10.1 Å². The highest BCUT2D eigenvalue weighted by molar-refractivity contribution is 6.02. The molecule has 1 N–H and O–H groups in total. The second-order valence-electron chi connectivity index (χ2n) is 7.07. The highest BCUT2D eigenvalue weighted by Crippen LogP contribution is 2.15. The maximum Gasteiger partial charge on any atom is 0.276 e. The second kappa shape index (κ2) is 8.65. The van der Waals surface area contributed by atoms with E-state index in [0.29, 0.717) is 17.9 Å². The minimum atomic E-state index is -0.267. The van der Waals surface area contributed by atoms with Gasteiger partial charge in [0.15, 0.2) is 12.4 Å². The van der Waals surface area contributed by atoms with Crippen molar-refractivity contribution in [2.75, 3.05) is 5.32 Å². The van der Waals surface area contributed by atoms with Crippen molar-refractivity contribution in [2.24, 2.45) is 0 Å². The molecule has 0 radical (unpaired) electrons. The molecule has 2 heterocycles. The number of rotatable bonds is 7. The molecule has 0 aliphatic carbocycles. The van der Waals surface area contributed by atoms with Crippen LogP contribution in [0, 0.1) is 13.8 Å². The van der Waals surface area contributed by atoms with E-state index in [9.17, 15) is 4.79 Å². The Morgan fingerprint density at radius 1 is 1.00 bits per heavy atom. The summed E-state index contributed by atoms with van der Waals surface area (Å²) in [6.45, 7) is 4.89. The highest BCUT2D eigenvalue weighted by atomic mass is 16.5. The first-order valence-corrected chi connectivity index (χ1v) is 9.69. The Kier molecular flexibility index (Phi) is 5.61. The first-order valence-electron chi connectivity index (χ1n) is 9.69. The van der Waals surface area contributed by atoms with Gasteiger partial charge >= 0.3 is 0 Å². The van der Waals surface area contributed by atoms with Gasteiger partial charge in [0.2, 0.25) is 0 Å². The van der Waals surface area contributed by atoms with Gasteiger partial charge in [-0.3, -0.25) is 9.48 Å². The molecule has 0 saturated heterocycles. The van der Waals surface area contributed by atoms with Crippen LogP contribution in [0.5, 0.6) is 5.75 Å². The summed E-state index contributed by atoms with van der Waals surface area (Å²) in [7, 11) is 0. The van der Waals surface area contributed by atoms with Crippen LogP contribution < -0.4 is 10.1 Å². The number of amides is 1. The van der Waals surface area contributed by atoms with Gasteiger partial charge in [-0.25, -0.2) is 4.68 Å². The normalized spacial score (nSPS) is 10.7. The Hall–Kier alpha value is -3.87. The van der Waals surface area contributed by atoms with Crippen molar-refractivity contribution in [3.63, 3.8) is 0 Å². The number of ether oxygens (including phenoxy) is 1. The zero-order chi connectivity index (χ0) is 20.9. The van der Waals surface area contributed by atoms with Gasteiger partial charge in [0.05, 0.1) is 12.2 Å². The molecule has 2 aromatic heterocycles. The summed E-state index contributed by atoms with van der Waals surface area (Å²) >= 11 is 0. The molecule has 4 rings (SSSR count). The number of benzene rings is 2. The van der Waals surface area contributed by atoms with E-state index in [1.54, 1.807) is 16.9 Å². The summed E-state index contributed by atoms with van der Waals surface area (Å²) in [5, 5.41) is 11.7. The molecule has 0 aliphatic rings. The smallest absolute Gasteiger partial charge is 0.276 e. The van der Waals surface area contributed by atoms with Gasteiger partial charge in [-0.05, 0) is 55.8 Å². The number of carbonyl (C=O) groups is 1. The zero-order valence-corrected chi connectivity index (χ0v) is 16.9. The predicted octanol–water partition coefficient (Wildman–Crippen LogP) is 4.03. The lowest BCUT2D eigenvalue weighted by atomic mass is 10.2. The van der Waals surface area contributed by atoms with Crippen molar-refractivity contribution >= 4 is 11.6 Å². The van der Waals surface area contributed by atoms with E-state index < -0.39 is 0 Å². The lowest BCUT2D eigenvalue weighted by Gasteiger charge is -2.08. The minimum Gasteiger partial charge on any atom is -0.471 e. The quantitative estimate of drug-likeness (QED) is 0.507. The van der Waals surface area contributed by atoms with Crippen molar-refractivity contribution in [3.05, 3.63) is 95.6 Å². The van der Waals surface area contributed by atoms with Gasteiger partial charge in [0.1, 0.15) is 5.75 Å². The number of aryl methyl sites for hydroxylation is 2. The van der Waals surface area contributed by atoms with E-state index in [0.717, 1.165) is 22.7 Å².